The Bertz CT molecular complexity index is 1020. The highest BCUT2D eigenvalue weighted by molar-refractivity contribution is 7.18. The van der Waals surface area contributed by atoms with Crippen molar-refractivity contribution >= 4 is 28.3 Å². The zero-order valence-corrected chi connectivity index (χ0v) is 18.6. The minimum Gasteiger partial charge on any atom is -0.367 e. The summed E-state index contributed by atoms with van der Waals surface area (Å²) in [6.07, 6.45) is 0. The Morgan fingerprint density at radius 3 is 2.55 bits per heavy atom. The fourth-order valence-electron chi connectivity index (χ4n) is 2.94. The minimum atomic E-state index is -0.709. The van der Waals surface area contributed by atoms with Crippen LogP contribution in [0.2, 0.25) is 0 Å². The van der Waals surface area contributed by atoms with E-state index in [4.69, 9.17) is 4.74 Å². The third kappa shape index (κ3) is 6.70. The predicted octanol–water partition coefficient (Wildman–Crippen LogP) is 3.81. The van der Waals surface area contributed by atoms with Gasteiger partial charge in [-0.25, -0.2) is 0 Å². The third-order valence-corrected chi connectivity index (χ3v) is 5.42. The molecule has 3 aromatic rings. The summed E-state index contributed by atoms with van der Waals surface area (Å²) in [5, 5.41) is 14.9. The number of nitrogens with zero attached hydrogens (tertiary/aromatic N) is 2. The third-order valence-electron chi connectivity index (χ3n) is 4.53. The van der Waals surface area contributed by atoms with E-state index in [0.717, 1.165) is 21.7 Å². The van der Waals surface area contributed by atoms with Crippen LogP contribution in [0.5, 0.6) is 0 Å². The monoisotopic (exact) mass is 438 g/mol. The van der Waals surface area contributed by atoms with Crippen LogP contribution in [-0.2, 0) is 20.9 Å². The number of carbonyl (C=O) groups excluding carboxylic acids is 2. The summed E-state index contributed by atoms with van der Waals surface area (Å²) < 4.78 is 5.46. The molecule has 0 aliphatic heterocycles. The SMILES string of the molecule is Cc1cccc(-c2nnc(NC(=O)C(NC(=O)COCc3ccccc3)C(C)C)s2)c1. The molecule has 1 unspecified atom stereocenters. The van der Waals surface area contributed by atoms with Crippen molar-refractivity contribution in [1.29, 1.82) is 0 Å². The lowest BCUT2D eigenvalue weighted by atomic mass is 10.0. The van der Waals surface area contributed by atoms with Crippen LogP contribution in [0.15, 0.2) is 54.6 Å². The van der Waals surface area contributed by atoms with Crippen LogP contribution in [0.3, 0.4) is 0 Å². The summed E-state index contributed by atoms with van der Waals surface area (Å²) >= 11 is 1.29. The van der Waals surface area contributed by atoms with Crippen molar-refractivity contribution in [2.24, 2.45) is 5.92 Å². The molecule has 0 aliphatic rings. The maximum Gasteiger partial charge on any atom is 0.249 e. The fourth-order valence-corrected chi connectivity index (χ4v) is 3.68. The molecule has 0 spiro atoms. The topological polar surface area (TPSA) is 93.2 Å². The van der Waals surface area contributed by atoms with E-state index in [-0.39, 0.29) is 24.3 Å². The number of anilines is 1. The van der Waals surface area contributed by atoms with Crippen molar-refractivity contribution in [2.75, 3.05) is 11.9 Å². The number of hydrogen-bond donors (Lipinski definition) is 2. The zero-order valence-electron chi connectivity index (χ0n) is 17.8. The van der Waals surface area contributed by atoms with Crippen molar-refractivity contribution in [1.82, 2.24) is 15.5 Å². The van der Waals surface area contributed by atoms with Gasteiger partial charge in [-0.05, 0) is 24.5 Å². The molecule has 2 aromatic carbocycles. The molecule has 3 rings (SSSR count). The molecule has 1 heterocycles. The van der Waals surface area contributed by atoms with E-state index in [1.807, 2.05) is 75.4 Å². The van der Waals surface area contributed by atoms with Crippen molar-refractivity contribution in [2.45, 2.75) is 33.4 Å². The molecule has 0 aliphatic carbocycles. The highest BCUT2D eigenvalue weighted by Crippen LogP contribution is 2.27. The Morgan fingerprint density at radius 2 is 1.84 bits per heavy atom. The van der Waals surface area contributed by atoms with Crippen LogP contribution in [-0.4, -0.2) is 34.7 Å². The van der Waals surface area contributed by atoms with Gasteiger partial charge >= 0.3 is 0 Å². The normalized spacial score (nSPS) is 11.9. The van der Waals surface area contributed by atoms with E-state index in [0.29, 0.717) is 11.7 Å². The maximum atomic E-state index is 12.8. The molecular weight excluding hydrogens is 412 g/mol. The lowest BCUT2D eigenvalue weighted by Gasteiger charge is -2.21. The van der Waals surface area contributed by atoms with Gasteiger partial charge < -0.3 is 10.1 Å². The average Bonchev–Trinajstić information content (AvgIpc) is 3.21. The molecule has 0 fully saturated rings. The van der Waals surface area contributed by atoms with E-state index in [9.17, 15) is 9.59 Å². The van der Waals surface area contributed by atoms with E-state index >= 15 is 0 Å². The average molecular weight is 439 g/mol. The number of benzene rings is 2. The Hall–Kier alpha value is -3.10. The maximum absolute atomic E-state index is 12.8. The number of amides is 2. The first kappa shape index (κ1) is 22.6. The molecule has 0 bridgehead atoms. The van der Waals surface area contributed by atoms with Gasteiger partial charge in [-0.1, -0.05) is 79.3 Å². The first-order valence-corrected chi connectivity index (χ1v) is 10.9. The molecule has 0 saturated carbocycles. The summed E-state index contributed by atoms with van der Waals surface area (Å²) in [5.74, 6) is -0.789. The molecule has 8 heteroatoms. The Labute approximate surface area is 185 Å². The second kappa shape index (κ2) is 10.8. The molecule has 0 saturated heterocycles. The second-order valence-corrected chi connectivity index (χ2v) is 8.52. The second-order valence-electron chi connectivity index (χ2n) is 7.54. The first-order chi connectivity index (χ1) is 14.9. The number of ether oxygens (including phenoxy) is 1. The molecule has 2 N–H and O–H groups in total. The Morgan fingerprint density at radius 1 is 1.06 bits per heavy atom. The standard InChI is InChI=1S/C23H26N4O3S/c1-15(2)20(24-19(28)14-30-13-17-9-5-4-6-10-17)21(29)25-23-27-26-22(31-23)18-11-7-8-16(3)12-18/h4-12,15,20H,13-14H2,1-3H3,(H,24,28)(H,25,27,29). The van der Waals surface area contributed by atoms with E-state index in [1.165, 1.54) is 11.3 Å². The molecule has 2 amide bonds. The summed E-state index contributed by atoms with van der Waals surface area (Å²) in [7, 11) is 0. The van der Waals surface area contributed by atoms with Gasteiger partial charge in [0, 0.05) is 5.56 Å². The lowest BCUT2D eigenvalue weighted by Crippen LogP contribution is -2.48. The number of hydrogen-bond acceptors (Lipinski definition) is 6. The zero-order chi connectivity index (χ0) is 22.2. The van der Waals surface area contributed by atoms with Crippen molar-refractivity contribution < 1.29 is 14.3 Å². The highest BCUT2D eigenvalue weighted by Gasteiger charge is 2.25. The van der Waals surface area contributed by atoms with Gasteiger partial charge in [0.1, 0.15) is 17.7 Å². The van der Waals surface area contributed by atoms with E-state index < -0.39 is 6.04 Å². The first-order valence-electron chi connectivity index (χ1n) is 10.0. The smallest absolute Gasteiger partial charge is 0.249 e. The molecule has 31 heavy (non-hydrogen) atoms. The predicted molar refractivity (Wildman–Crippen MR) is 122 cm³/mol. The summed E-state index contributed by atoms with van der Waals surface area (Å²) in [5.41, 5.74) is 3.05. The van der Waals surface area contributed by atoms with Gasteiger partial charge in [0.25, 0.3) is 0 Å². The van der Waals surface area contributed by atoms with Crippen molar-refractivity contribution in [3.63, 3.8) is 0 Å². The quantitative estimate of drug-likeness (QED) is 0.530. The Balaban J connectivity index is 1.54. The Kier molecular flexibility index (Phi) is 7.86. The van der Waals surface area contributed by atoms with Gasteiger partial charge in [-0.3, -0.25) is 14.9 Å². The van der Waals surface area contributed by atoms with Crippen molar-refractivity contribution in [3.8, 4) is 10.6 Å². The minimum absolute atomic E-state index is 0.109. The van der Waals surface area contributed by atoms with Crippen LogP contribution in [0.25, 0.3) is 10.6 Å². The van der Waals surface area contributed by atoms with E-state index in [1.54, 1.807) is 0 Å². The largest absolute Gasteiger partial charge is 0.367 e. The van der Waals surface area contributed by atoms with Gasteiger partial charge in [0.15, 0.2) is 0 Å². The summed E-state index contributed by atoms with van der Waals surface area (Å²) in [4.78, 5) is 25.0. The number of rotatable bonds is 9. The number of aryl methyl sites for hydroxylation is 1. The van der Waals surface area contributed by atoms with Gasteiger partial charge in [0.2, 0.25) is 16.9 Å². The van der Waals surface area contributed by atoms with Gasteiger partial charge in [-0.2, -0.15) is 0 Å². The summed E-state index contributed by atoms with van der Waals surface area (Å²) in [6, 6.07) is 16.8. The highest BCUT2D eigenvalue weighted by atomic mass is 32.1. The molecule has 1 atom stereocenters. The van der Waals surface area contributed by atoms with Crippen LogP contribution in [0.4, 0.5) is 5.13 Å². The molecule has 1 aromatic heterocycles. The van der Waals surface area contributed by atoms with Crippen LogP contribution >= 0.6 is 11.3 Å². The molecule has 162 valence electrons. The number of nitrogens with one attached hydrogen (secondary N) is 2. The molecular formula is C23H26N4O3S. The van der Waals surface area contributed by atoms with Gasteiger partial charge in [-0.15, -0.1) is 10.2 Å². The molecule has 7 nitrogen and oxygen atoms in total. The van der Waals surface area contributed by atoms with Gasteiger partial charge in [0.05, 0.1) is 6.61 Å². The molecule has 0 radical (unpaired) electrons. The van der Waals surface area contributed by atoms with E-state index in [2.05, 4.69) is 20.8 Å². The van der Waals surface area contributed by atoms with Crippen LogP contribution in [0.1, 0.15) is 25.0 Å². The fraction of sp³-hybridized carbons (Fsp3) is 0.304. The van der Waals surface area contributed by atoms with Crippen molar-refractivity contribution in [3.05, 3.63) is 65.7 Å². The number of carbonyl (C=O) groups is 2. The number of aromatic nitrogens is 2. The van der Waals surface area contributed by atoms with Crippen LogP contribution in [0, 0.1) is 12.8 Å². The lowest BCUT2D eigenvalue weighted by molar-refractivity contribution is -0.130. The van der Waals surface area contributed by atoms with Crippen LogP contribution < -0.4 is 10.6 Å². The summed E-state index contributed by atoms with van der Waals surface area (Å²) in [6.45, 7) is 5.95.